The van der Waals surface area contributed by atoms with E-state index in [0.717, 1.165) is 18.9 Å². The van der Waals surface area contributed by atoms with E-state index in [0.29, 0.717) is 18.3 Å². The maximum absolute atomic E-state index is 12.9. The first-order valence-electron chi connectivity index (χ1n) is 6.45. The second kappa shape index (κ2) is 5.31. The second-order valence-electron chi connectivity index (χ2n) is 4.95. The van der Waals surface area contributed by atoms with Gasteiger partial charge in [0.25, 0.3) is 0 Å². The Kier molecular flexibility index (Phi) is 3.62. The molecular weight excluding hydrogens is 305 g/mol. The number of alkyl halides is 3. The van der Waals surface area contributed by atoms with Crippen molar-refractivity contribution in [3.63, 3.8) is 0 Å². The monoisotopic (exact) mass is 316 g/mol. The van der Waals surface area contributed by atoms with Gasteiger partial charge in [0.05, 0.1) is 28.2 Å². The summed E-state index contributed by atoms with van der Waals surface area (Å²) < 4.78 is 40.1. The average molecular weight is 317 g/mol. The van der Waals surface area contributed by atoms with Gasteiger partial charge in [0, 0.05) is 12.6 Å². The molecule has 0 saturated heterocycles. The van der Waals surface area contributed by atoms with E-state index in [1.165, 1.54) is 23.0 Å². The van der Waals surface area contributed by atoms with Crippen molar-refractivity contribution in [2.75, 3.05) is 0 Å². The molecule has 4 nitrogen and oxygen atoms in total. The van der Waals surface area contributed by atoms with Crippen LogP contribution in [-0.2, 0) is 12.7 Å². The highest BCUT2D eigenvalue weighted by Crippen LogP contribution is 2.35. The summed E-state index contributed by atoms with van der Waals surface area (Å²) in [6, 6.07) is 4.19. The van der Waals surface area contributed by atoms with Crippen LogP contribution in [0.25, 0.3) is 5.69 Å². The predicted molar refractivity (Wildman–Crippen MR) is 71.2 cm³/mol. The number of halogens is 4. The van der Waals surface area contributed by atoms with Gasteiger partial charge in [-0.3, -0.25) is 0 Å². The summed E-state index contributed by atoms with van der Waals surface area (Å²) in [4.78, 5) is 0. The molecule has 8 heteroatoms. The first kappa shape index (κ1) is 14.3. The third-order valence-corrected chi connectivity index (χ3v) is 3.60. The predicted octanol–water partition coefficient (Wildman–Crippen LogP) is 3.19. The lowest BCUT2D eigenvalue weighted by Crippen LogP contribution is -2.18. The Balaban J connectivity index is 1.91. The number of nitrogens with one attached hydrogen (secondary N) is 1. The van der Waals surface area contributed by atoms with E-state index in [9.17, 15) is 13.2 Å². The maximum Gasteiger partial charge on any atom is 0.417 e. The molecule has 21 heavy (non-hydrogen) atoms. The van der Waals surface area contributed by atoms with E-state index in [2.05, 4.69) is 15.6 Å². The zero-order valence-corrected chi connectivity index (χ0v) is 11.6. The molecule has 1 aromatic heterocycles. The molecule has 112 valence electrons. The van der Waals surface area contributed by atoms with Gasteiger partial charge in [-0.1, -0.05) is 16.8 Å². The molecule has 0 bridgehead atoms. The highest BCUT2D eigenvalue weighted by atomic mass is 35.5. The lowest BCUT2D eigenvalue weighted by atomic mass is 10.2. The van der Waals surface area contributed by atoms with Gasteiger partial charge in [0.1, 0.15) is 0 Å². The van der Waals surface area contributed by atoms with Gasteiger partial charge in [-0.05, 0) is 31.0 Å². The van der Waals surface area contributed by atoms with Crippen molar-refractivity contribution in [1.82, 2.24) is 20.3 Å². The normalized spacial score (nSPS) is 15.4. The molecule has 0 spiro atoms. The van der Waals surface area contributed by atoms with Crippen molar-refractivity contribution >= 4 is 11.6 Å². The summed E-state index contributed by atoms with van der Waals surface area (Å²) in [7, 11) is 0. The summed E-state index contributed by atoms with van der Waals surface area (Å²) in [5.41, 5.74) is 0.118. The van der Waals surface area contributed by atoms with Gasteiger partial charge in [-0.2, -0.15) is 13.2 Å². The summed E-state index contributed by atoms with van der Waals surface area (Å²) in [6.07, 6.45) is -0.710. The minimum absolute atomic E-state index is 0.289. The van der Waals surface area contributed by atoms with E-state index >= 15 is 0 Å². The van der Waals surface area contributed by atoms with Crippen LogP contribution in [-0.4, -0.2) is 21.0 Å². The van der Waals surface area contributed by atoms with E-state index in [1.807, 2.05) is 0 Å². The molecule has 1 aliphatic rings. The lowest BCUT2D eigenvalue weighted by Gasteiger charge is -2.12. The number of nitrogens with zero attached hydrogens (tertiary/aromatic N) is 3. The molecule has 0 amide bonds. The molecule has 1 aromatic carbocycles. The average Bonchev–Trinajstić information content (AvgIpc) is 3.13. The lowest BCUT2D eigenvalue weighted by molar-refractivity contribution is -0.137. The van der Waals surface area contributed by atoms with Crippen molar-refractivity contribution in [3.8, 4) is 5.69 Å². The van der Waals surface area contributed by atoms with Crippen LogP contribution < -0.4 is 5.32 Å². The Morgan fingerprint density at radius 1 is 1.33 bits per heavy atom. The van der Waals surface area contributed by atoms with Gasteiger partial charge in [0.2, 0.25) is 0 Å². The number of rotatable bonds is 4. The highest BCUT2D eigenvalue weighted by Gasteiger charge is 2.33. The number of hydrogen-bond acceptors (Lipinski definition) is 3. The fourth-order valence-corrected chi connectivity index (χ4v) is 2.22. The van der Waals surface area contributed by atoms with Crippen molar-refractivity contribution in [2.24, 2.45) is 0 Å². The third-order valence-electron chi connectivity index (χ3n) is 3.27. The number of benzene rings is 1. The zero-order chi connectivity index (χ0) is 15.0. The third kappa shape index (κ3) is 3.19. The van der Waals surface area contributed by atoms with Crippen LogP contribution in [0.5, 0.6) is 0 Å². The Bertz CT molecular complexity index is 649. The molecule has 1 saturated carbocycles. The molecule has 0 atom stereocenters. The van der Waals surface area contributed by atoms with Gasteiger partial charge in [-0.15, -0.1) is 5.10 Å². The zero-order valence-electron chi connectivity index (χ0n) is 10.9. The van der Waals surface area contributed by atoms with Crippen molar-refractivity contribution < 1.29 is 13.2 Å². The smallest absolute Gasteiger partial charge is 0.308 e. The summed E-state index contributed by atoms with van der Waals surface area (Å²) in [5, 5.41) is 10.6. The number of aromatic nitrogens is 3. The quantitative estimate of drug-likeness (QED) is 0.942. The van der Waals surface area contributed by atoms with Crippen LogP contribution in [0.1, 0.15) is 24.1 Å². The van der Waals surface area contributed by atoms with E-state index in [-0.39, 0.29) is 10.7 Å². The first-order chi connectivity index (χ1) is 9.95. The second-order valence-corrected chi connectivity index (χ2v) is 5.36. The largest absolute Gasteiger partial charge is 0.417 e. The molecule has 3 rings (SSSR count). The molecule has 1 N–H and O–H groups in total. The molecule has 1 aliphatic carbocycles. The van der Waals surface area contributed by atoms with Crippen molar-refractivity contribution in [2.45, 2.75) is 31.6 Å². The number of hydrogen-bond donors (Lipinski definition) is 1. The fourth-order valence-electron chi connectivity index (χ4n) is 1.99. The van der Waals surface area contributed by atoms with E-state index in [4.69, 9.17) is 11.6 Å². The van der Waals surface area contributed by atoms with E-state index < -0.39 is 11.7 Å². The van der Waals surface area contributed by atoms with Gasteiger partial charge < -0.3 is 5.32 Å². The Morgan fingerprint density at radius 2 is 2.10 bits per heavy atom. The molecule has 2 aromatic rings. The standard InChI is InChI=1S/C13H12ClF3N4/c14-12-4-3-9(5-11(12)13(15,16)17)21-10(7-19-20-21)6-18-8-1-2-8/h3-5,7-8,18H,1-2,6H2. The summed E-state index contributed by atoms with van der Waals surface area (Å²) in [6.45, 7) is 0.516. The molecule has 0 aliphatic heterocycles. The summed E-state index contributed by atoms with van der Waals surface area (Å²) in [5.74, 6) is 0. The fraction of sp³-hybridized carbons (Fsp3) is 0.385. The van der Waals surface area contributed by atoms with Crippen LogP contribution in [0.15, 0.2) is 24.4 Å². The van der Waals surface area contributed by atoms with Crippen molar-refractivity contribution in [3.05, 3.63) is 40.7 Å². The van der Waals surface area contributed by atoms with Crippen molar-refractivity contribution in [1.29, 1.82) is 0 Å². The van der Waals surface area contributed by atoms with Crippen LogP contribution in [0.4, 0.5) is 13.2 Å². The topological polar surface area (TPSA) is 42.7 Å². The van der Waals surface area contributed by atoms with Gasteiger partial charge >= 0.3 is 6.18 Å². The Morgan fingerprint density at radius 3 is 2.76 bits per heavy atom. The van der Waals surface area contributed by atoms with E-state index in [1.54, 1.807) is 0 Å². The molecular formula is C13H12ClF3N4. The van der Waals surface area contributed by atoms with Crippen LogP contribution in [0.3, 0.4) is 0 Å². The minimum Gasteiger partial charge on any atom is -0.308 e. The Hall–Kier alpha value is -1.60. The van der Waals surface area contributed by atoms with Gasteiger partial charge in [-0.25, -0.2) is 4.68 Å². The van der Waals surface area contributed by atoms with Gasteiger partial charge in [0.15, 0.2) is 0 Å². The van der Waals surface area contributed by atoms with Crippen LogP contribution in [0.2, 0.25) is 5.02 Å². The van der Waals surface area contributed by atoms with Crippen LogP contribution in [0, 0.1) is 0 Å². The SMILES string of the molecule is FC(F)(F)c1cc(-n2nncc2CNC2CC2)ccc1Cl. The molecule has 0 unspecified atom stereocenters. The molecule has 0 radical (unpaired) electrons. The first-order valence-corrected chi connectivity index (χ1v) is 6.83. The Labute approximate surface area is 123 Å². The molecule has 1 fully saturated rings. The molecule has 1 heterocycles. The highest BCUT2D eigenvalue weighted by molar-refractivity contribution is 6.31. The van der Waals surface area contributed by atoms with Crippen LogP contribution >= 0.6 is 11.6 Å². The summed E-state index contributed by atoms with van der Waals surface area (Å²) >= 11 is 5.62. The minimum atomic E-state index is -4.50. The maximum atomic E-state index is 12.9.